The number of benzene rings is 1. The van der Waals surface area contributed by atoms with Crippen molar-refractivity contribution in [3.63, 3.8) is 0 Å². The van der Waals surface area contributed by atoms with Crippen molar-refractivity contribution in [2.45, 2.75) is 50.1 Å². The van der Waals surface area contributed by atoms with Gasteiger partial charge in [-0.05, 0) is 37.8 Å². The molecule has 1 heterocycles. The van der Waals surface area contributed by atoms with Crippen molar-refractivity contribution in [3.05, 3.63) is 29.8 Å². The van der Waals surface area contributed by atoms with Gasteiger partial charge in [0.1, 0.15) is 0 Å². The molecule has 1 saturated heterocycles. The molecule has 0 spiro atoms. The van der Waals surface area contributed by atoms with Crippen LogP contribution in [0.2, 0.25) is 0 Å². The van der Waals surface area contributed by atoms with Crippen LogP contribution in [0.15, 0.2) is 24.3 Å². The summed E-state index contributed by atoms with van der Waals surface area (Å²) in [6, 6.07) is 2.46. The molecule has 0 unspecified atom stereocenters. The van der Waals surface area contributed by atoms with E-state index in [0.717, 1.165) is 25.0 Å². The Morgan fingerprint density at radius 2 is 1.53 bits per heavy atom. The molecule has 0 bridgehead atoms. The van der Waals surface area contributed by atoms with E-state index in [1.165, 1.54) is 16.9 Å². The van der Waals surface area contributed by atoms with E-state index in [9.17, 15) is 41.0 Å². The lowest BCUT2D eigenvalue weighted by Crippen LogP contribution is -2.53. The van der Waals surface area contributed by atoms with Crippen LogP contribution in [0, 0.1) is 0 Å². The number of likely N-dealkylation sites (tertiary alicyclic amines) is 1. The van der Waals surface area contributed by atoms with Gasteiger partial charge in [0, 0.05) is 37.3 Å². The molecule has 1 aromatic rings. The molecular formula is C20H24F6N2O4. The normalized spacial score (nSPS) is 15.1. The van der Waals surface area contributed by atoms with Gasteiger partial charge in [0.15, 0.2) is 0 Å². The van der Waals surface area contributed by atoms with Crippen molar-refractivity contribution in [3.8, 4) is 0 Å². The zero-order valence-electron chi connectivity index (χ0n) is 17.3. The Bertz CT molecular complexity index is 775. The van der Waals surface area contributed by atoms with Crippen molar-refractivity contribution in [1.29, 1.82) is 0 Å². The maximum Gasteiger partial charge on any atom is 0.430 e. The maximum atomic E-state index is 13.1. The van der Waals surface area contributed by atoms with Crippen molar-refractivity contribution in [2.24, 2.45) is 0 Å². The van der Waals surface area contributed by atoms with E-state index in [2.05, 4.69) is 4.74 Å². The number of urea groups is 1. The Morgan fingerprint density at radius 1 is 1.00 bits per heavy atom. The molecule has 1 aliphatic rings. The highest BCUT2D eigenvalue weighted by Gasteiger charge is 2.71. The third-order valence-electron chi connectivity index (χ3n) is 5.27. The zero-order chi connectivity index (χ0) is 24.2. The number of anilines is 1. The highest BCUT2D eigenvalue weighted by Crippen LogP contribution is 2.50. The molecule has 1 aliphatic heterocycles. The highest BCUT2D eigenvalue weighted by molar-refractivity contribution is 5.92. The molecule has 0 aromatic heterocycles. The molecule has 6 nitrogen and oxygen atoms in total. The predicted octanol–water partition coefficient (Wildman–Crippen LogP) is 4.36. The number of amides is 2. The number of hydrogen-bond donors (Lipinski definition) is 1. The predicted molar refractivity (Wildman–Crippen MR) is 102 cm³/mol. The summed E-state index contributed by atoms with van der Waals surface area (Å²) in [6.07, 6.45) is -9.60. The summed E-state index contributed by atoms with van der Waals surface area (Å²) < 4.78 is 83.1. The first-order valence-corrected chi connectivity index (χ1v) is 9.92. The quantitative estimate of drug-likeness (QED) is 0.365. The topological polar surface area (TPSA) is 70.1 Å². The van der Waals surface area contributed by atoms with Crippen molar-refractivity contribution < 1.29 is 45.8 Å². The number of alkyl halides is 6. The maximum absolute atomic E-state index is 13.1. The number of carbonyl (C=O) groups is 2. The van der Waals surface area contributed by atoms with Crippen LogP contribution in [0.4, 0.5) is 36.8 Å². The van der Waals surface area contributed by atoms with Crippen LogP contribution >= 0.6 is 0 Å². The van der Waals surface area contributed by atoms with Crippen LogP contribution in [0.5, 0.6) is 0 Å². The van der Waals surface area contributed by atoms with E-state index < -0.39 is 35.5 Å². The number of unbranched alkanes of at least 4 members (excludes halogenated alkanes) is 1. The standard InChI is InChI=1S/C20H24F6N2O4/c1-32-16(29)6-2-3-13-28(17(30)27-11-4-5-12-27)15-9-7-14(8-10-15)18(31,19(21,22)23)20(24,25)26/h7-10,31H,2-6,11-13H2,1H3. The largest absolute Gasteiger partial charge is 0.469 e. The number of ether oxygens (including phenoxy) is 1. The number of carbonyl (C=O) groups excluding carboxylic acids is 2. The molecule has 0 atom stereocenters. The molecule has 180 valence electrons. The summed E-state index contributed by atoms with van der Waals surface area (Å²) in [4.78, 5) is 26.9. The molecule has 1 fully saturated rings. The Morgan fingerprint density at radius 3 is 2.00 bits per heavy atom. The van der Waals surface area contributed by atoms with Gasteiger partial charge in [-0.25, -0.2) is 4.79 Å². The molecule has 0 aliphatic carbocycles. The fourth-order valence-electron chi connectivity index (χ4n) is 3.43. The van der Waals surface area contributed by atoms with Gasteiger partial charge in [-0.15, -0.1) is 0 Å². The van der Waals surface area contributed by atoms with Crippen LogP contribution < -0.4 is 4.90 Å². The molecule has 32 heavy (non-hydrogen) atoms. The minimum Gasteiger partial charge on any atom is -0.469 e. The van der Waals surface area contributed by atoms with Gasteiger partial charge in [-0.3, -0.25) is 9.69 Å². The summed E-state index contributed by atoms with van der Waals surface area (Å²) in [5, 5.41) is 9.53. The van der Waals surface area contributed by atoms with E-state index in [-0.39, 0.29) is 18.7 Å². The summed E-state index contributed by atoms with van der Waals surface area (Å²) >= 11 is 0. The van der Waals surface area contributed by atoms with E-state index >= 15 is 0 Å². The lowest BCUT2D eigenvalue weighted by Gasteiger charge is -2.33. The number of hydrogen-bond acceptors (Lipinski definition) is 4. The SMILES string of the molecule is COC(=O)CCCCN(C(=O)N1CCCC1)c1ccc(C(O)(C(F)(F)F)C(F)(F)F)cc1. The van der Waals surface area contributed by atoms with Gasteiger partial charge in [0.25, 0.3) is 5.60 Å². The zero-order valence-corrected chi connectivity index (χ0v) is 17.3. The third kappa shape index (κ3) is 5.45. The molecule has 2 rings (SSSR count). The van der Waals surface area contributed by atoms with E-state index in [4.69, 9.17) is 0 Å². The van der Waals surface area contributed by atoms with E-state index in [0.29, 0.717) is 38.1 Å². The second-order valence-electron chi connectivity index (χ2n) is 7.41. The fourth-order valence-corrected chi connectivity index (χ4v) is 3.43. The number of nitrogens with zero attached hydrogens (tertiary/aromatic N) is 2. The second-order valence-corrected chi connectivity index (χ2v) is 7.41. The molecular weight excluding hydrogens is 446 g/mol. The average molecular weight is 470 g/mol. The first-order valence-electron chi connectivity index (χ1n) is 9.92. The fraction of sp³-hybridized carbons (Fsp3) is 0.600. The highest BCUT2D eigenvalue weighted by atomic mass is 19.4. The van der Waals surface area contributed by atoms with Gasteiger partial charge in [-0.2, -0.15) is 26.3 Å². The summed E-state index contributed by atoms with van der Waals surface area (Å²) in [7, 11) is 1.23. The average Bonchev–Trinajstić information content (AvgIpc) is 3.26. The molecule has 1 N–H and O–H groups in total. The van der Waals surface area contributed by atoms with E-state index in [1.54, 1.807) is 0 Å². The number of esters is 1. The lowest BCUT2D eigenvalue weighted by atomic mass is 9.92. The minimum atomic E-state index is -5.99. The Balaban J connectivity index is 2.29. The summed E-state index contributed by atoms with van der Waals surface area (Å²) in [5.74, 6) is -0.439. The number of methoxy groups -OCH3 is 1. The van der Waals surface area contributed by atoms with Gasteiger partial charge in [0.05, 0.1) is 7.11 Å². The van der Waals surface area contributed by atoms with Crippen molar-refractivity contribution >= 4 is 17.7 Å². The molecule has 1 aromatic carbocycles. The van der Waals surface area contributed by atoms with Gasteiger partial charge >= 0.3 is 24.4 Å². The van der Waals surface area contributed by atoms with Crippen LogP contribution in [0.3, 0.4) is 0 Å². The third-order valence-corrected chi connectivity index (χ3v) is 5.27. The molecule has 2 amide bonds. The van der Waals surface area contributed by atoms with Crippen molar-refractivity contribution in [2.75, 3.05) is 31.6 Å². The number of rotatable bonds is 7. The summed E-state index contributed by atoms with van der Waals surface area (Å²) in [6.45, 7) is 1.06. The first-order chi connectivity index (χ1) is 14.8. The lowest BCUT2D eigenvalue weighted by molar-refractivity contribution is -0.376. The monoisotopic (exact) mass is 470 g/mol. The van der Waals surface area contributed by atoms with Crippen molar-refractivity contribution in [1.82, 2.24) is 4.90 Å². The smallest absolute Gasteiger partial charge is 0.430 e. The van der Waals surface area contributed by atoms with Gasteiger partial charge < -0.3 is 14.7 Å². The number of halogens is 6. The summed E-state index contributed by atoms with van der Waals surface area (Å²) in [5.41, 5.74) is -6.36. The molecule has 0 saturated carbocycles. The van der Waals surface area contributed by atoms with Crippen LogP contribution in [0.1, 0.15) is 37.7 Å². The van der Waals surface area contributed by atoms with Crippen LogP contribution in [-0.2, 0) is 15.1 Å². The Kier molecular flexibility index (Phi) is 8.02. The van der Waals surface area contributed by atoms with Crippen LogP contribution in [-0.4, -0.2) is 61.1 Å². The van der Waals surface area contributed by atoms with E-state index in [1.807, 2.05) is 0 Å². The molecule has 0 radical (unpaired) electrons. The molecule has 12 heteroatoms. The first kappa shape index (κ1) is 25.8. The van der Waals surface area contributed by atoms with Gasteiger partial charge in [-0.1, -0.05) is 12.1 Å². The second kappa shape index (κ2) is 9.97. The number of aliphatic hydroxyl groups is 1. The minimum absolute atomic E-state index is 0.0791. The Hall–Kier alpha value is -2.50. The van der Waals surface area contributed by atoms with Crippen LogP contribution in [0.25, 0.3) is 0 Å². The van der Waals surface area contributed by atoms with Gasteiger partial charge in [0.2, 0.25) is 0 Å². The Labute approximate surface area is 180 Å².